The van der Waals surface area contributed by atoms with E-state index in [9.17, 15) is 8.42 Å². The molecule has 1 saturated heterocycles. The average Bonchev–Trinajstić information content (AvgIpc) is 3.34. The van der Waals surface area contributed by atoms with Crippen molar-refractivity contribution in [3.63, 3.8) is 0 Å². The Morgan fingerprint density at radius 3 is 2.58 bits per heavy atom. The summed E-state index contributed by atoms with van der Waals surface area (Å²) in [5.74, 6) is 7.14. The smallest absolute Gasteiger partial charge is 0.175 e. The maximum atomic E-state index is 11.9. The molecule has 2 fully saturated rings. The van der Waals surface area contributed by atoms with Gasteiger partial charge in [-0.3, -0.25) is 4.90 Å². The number of nitrogens with zero attached hydrogens (tertiary/aromatic N) is 1. The van der Waals surface area contributed by atoms with Crippen molar-refractivity contribution in [3.05, 3.63) is 46.8 Å². The van der Waals surface area contributed by atoms with Crippen molar-refractivity contribution in [1.29, 1.82) is 0 Å². The number of sulfone groups is 1. The van der Waals surface area contributed by atoms with Gasteiger partial charge in [-0.15, -0.1) is 11.3 Å². The van der Waals surface area contributed by atoms with Crippen LogP contribution in [0.15, 0.2) is 41.3 Å². The van der Waals surface area contributed by atoms with E-state index in [0.29, 0.717) is 30.1 Å². The quantitative estimate of drug-likeness (QED) is 0.345. The van der Waals surface area contributed by atoms with Crippen LogP contribution in [0.4, 0.5) is 11.4 Å². The second-order valence-electron chi connectivity index (χ2n) is 10.5. The average molecular weight is 582 g/mol. The number of methoxy groups -OCH3 is 1. The summed E-state index contributed by atoms with van der Waals surface area (Å²) in [5.41, 5.74) is 3.22. The topological polar surface area (TPSA) is 79.9 Å². The number of morpholine rings is 1. The summed E-state index contributed by atoms with van der Waals surface area (Å²) in [6.45, 7) is 6.48. The van der Waals surface area contributed by atoms with E-state index in [0.717, 1.165) is 37.6 Å². The van der Waals surface area contributed by atoms with E-state index in [4.69, 9.17) is 9.47 Å². The lowest BCUT2D eigenvalue weighted by atomic mass is 9.89. The Balaban J connectivity index is 1.26. The third-order valence-electron chi connectivity index (χ3n) is 7.96. The van der Waals surface area contributed by atoms with Gasteiger partial charge in [0.25, 0.3) is 0 Å². The van der Waals surface area contributed by atoms with Crippen molar-refractivity contribution in [2.75, 3.05) is 56.8 Å². The van der Waals surface area contributed by atoms with Crippen LogP contribution in [0.5, 0.6) is 5.75 Å². The summed E-state index contributed by atoms with van der Waals surface area (Å²) in [7, 11) is -1.77. The Morgan fingerprint density at radius 1 is 1.10 bits per heavy atom. The van der Waals surface area contributed by atoms with Gasteiger partial charge >= 0.3 is 0 Å². The normalized spacial score (nSPS) is 20.1. The molecule has 214 valence electrons. The van der Waals surface area contributed by atoms with E-state index >= 15 is 0 Å². The second-order valence-corrected chi connectivity index (χ2v) is 13.6. The Labute approximate surface area is 242 Å². The molecule has 0 spiro atoms. The Bertz CT molecular complexity index is 1490. The van der Waals surface area contributed by atoms with Crippen molar-refractivity contribution in [1.82, 2.24) is 4.90 Å². The highest BCUT2D eigenvalue weighted by molar-refractivity contribution is 7.90. The number of ether oxygens (including phenoxy) is 2. The summed E-state index contributed by atoms with van der Waals surface area (Å²) in [6, 6.07) is 12.6. The van der Waals surface area contributed by atoms with Crippen molar-refractivity contribution in [2.24, 2.45) is 0 Å². The molecule has 0 amide bonds. The summed E-state index contributed by atoms with van der Waals surface area (Å²) < 4.78 is 35.9. The number of nitrogens with one attached hydrogen (secondary N) is 2. The zero-order valence-corrected chi connectivity index (χ0v) is 25.2. The number of thiophene rings is 1. The lowest BCUT2D eigenvalue weighted by molar-refractivity contribution is 0.00791. The van der Waals surface area contributed by atoms with Crippen LogP contribution in [-0.2, 0) is 21.0 Å². The van der Waals surface area contributed by atoms with E-state index in [2.05, 4.69) is 52.5 Å². The molecule has 3 aromatic rings. The fourth-order valence-corrected chi connectivity index (χ4v) is 7.68. The molecule has 9 heteroatoms. The van der Waals surface area contributed by atoms with Gasteiger partial charge in [0.15, 0.2) is 9.84 Å². The molecule has 5 rings (SSSR count). The van der Waals surface area contributed by atoms with Crippen LogP contribution in [0.2, 0.25) is 0 Å². The predicted molar refractivity (Wildman–Crippen MR) is 165 cm³/mol. The Kier molecular flexibility index (Phi) is 9.21. The third-order valence-corrected chi connectivity index (χ3v) is 10.3. The monoisotopic (exact) mass is 581 g/mol. The van der Waals surface area contributed by atoms with Gasteiger partial charge in [-0.05, 0) is 61.3 Å². The second kappa shape index (κ2) is 12.8. The fraction of sp³-hybridized carbons (Fsp3) is 0.484. The summed E-state index contributed by atoms with van der Waals surface area (Å²) in [4.78, 5) is 3.95. The van der Waals surface area contributed by atoms with Gasteiger partial charge < -0.3 is 20.1 Å². The molecule has 0 atom stereocenters. The first-order valence-electron chi connectivity index (χ1n) is 14.1. The van der Waals surface area contributed by atoms with Gasteiger partial charge in [-0.25, -0.2) is 8.42 Å². The van der Waals surface area contributed by atoms with Crippen LogP contribution in [0.25, 0.3) is 10.1 Å². The molecule has 0 unspecified atom stereocenters. The summed E-state index contributed by atoms with van der Waals surface area (Å²) in [5, 5.41) is 8.43. The summed E-state index contributed by atoms with van der Waals surface area (Å²) in [6.07, 6.45) is 6.98. The van der Waals surface area contributed by atoms with Gasteiger partial charge in [0.1, 0.15) is 5.75 Å². The lowest BCUT2D eigenvalue weighted by Crippen LogP contribution is -2.46. The highest BCUT2D eigenvalue weighted by Gasteiger charge is 2.27. The van der Waals surface area contributed by atoms with Crippen LogP contribution < -0.4 is 15.4 Å². The van der Waals surface area contributed by atoms with E-state index < -0.39 is 9.84 Å². The first-order valence-corrected chi connectivity index (χ1v) is 16.8. The first kappa shape index (κ1) is 28.7. The molecule has 1 aliphatic carbocycles. The van der Waals surface area contributed by atoms with E-state index in [1.54, 1.807) is 23.5 Å². The molecule has 2 heterocycles. The van der Waals surface area contributed by atoms with Crippen LogP contribution in [-0.4, -0.2) is 71.6 Å². The lowest BCUT2D eigenvalue weighted by Gasteiger charge is -2.39. The standard InChI is InChI=1S/C31H39N3O4S2/c1-4-25-26-7-5-8-28(33-22-10-12-23(13-11-22)34-17-19-38-20-18-34)31(26)39-30(25)9-6-16-32-27-15-14-24(40(3,35)36)21-29(27)37-2/h5,7-8,14-15,21-23,32-33H,4,10-13,16-20H2,1-3H3. The Morgan fingerprint density at radius 2 is 1.88 bits per heavy atom. The molecule has 2 N–H and O–H groups in total. The summed E-state index contributed by atoms with van der Waals surface area (Å²) >= 11 is 1.77. The van der Waals surface area contributed by atoms with Crippen molar-refractivity contribution < 1.29 is 17.9 Å². The molecule has 0 bridgehead atoms. The predicted octanol–water partition coefficient (Wildman–Crippen LogP) is 5.39. The number of anilines is 2. The van der Waals surface area contributed by atoms with Crippen LogP contribution in [0, 0.1) is 11.8 Å². The van der Waals surface area contributed by atoms with Gasteiger partial charge in [-0.2, -0.15) is 0 Å². The molecular weight excluding hydrogens is 542 g/mol. The van der Waals surface area contributed by atoms with Crippen molar-refractivity contribution in [2.45, 2.75) is 56.0 Å². The highest BCUT2D eigenvalue weighted by atomic mass is 32.2. The first-order chi connectivity index (χ1) is 19.4. The number of rotatable bonds is 8. The number of fused-ring (bicyclic) bond motifs is 1. The number of benzene rings is 2. The third kappa shape index (κ3) is 6.58. The molecule has 1 saturated carbocycles. The molecule has 7 nitrogen and oxygen atoms in total. The minimum atomic E-state index is -3.30. The fourth-order valence-electron chi connectivity index (χ4n) is 5.80. The highest BCUT2D eigenvalue weighted by Crippen LogP contribution is 2.38. The molecule has 2 aliphatic rings. The van der Waals surface area contributed by atoms with Crippen LogP contribution in [0.3, 0.4) is 0 Å². The zero-order chi connectivity index (χ0) is 28.1. The van der Waals surface area contributed by atoms with Gasteiger partial charge in [0.05, 0.1) is 52.7 Å². The van der Waals surface area contributed by atoms with Gasteiger partial charge in [-0.1, -0.05) is 30.9 Å². The van der Waals surface area contributed by atoms with E-state index in [-0.39, 0.29) is 4.90 Å². The van der Waals surface area contributed by atoms with Crippen molar-refractivity contribution >= 4 is 42.6 Å². The maximum Gasteiger partial charge on any atom is 0.175 e. The van der Waals surface area contributed by atoms with Crippen LogP contribution >= 0.6 is 11.3 Å². The Hall–Kier alpha value is -2.77. The number of hydrogen-bond donors (Lipinski definition) is 2. The molecule has 40 heavy (non-hydrogen) atoms. The van der Waals surface area contributed by atoms with E-state index in [1.165, 1.54) is 66.5 Å². The minimum Gasteiger partial charge on any atom is -0.495 e. The van der Waals surface area contributed by atoms with Gasteiger partial charge in [0, 0.05) is 37.5 Å². The molecule has 1 aliphatic heterocycles. The molecular formula is C31H39N3O4S2. The maximum absolute atomic E-state index is 11.9. The van der Waals surface area contributed by atoms with E-state index in [1.807, 2.05) is 0 Å². The molecule has 1 aromatic heterocycles. The molecule has 0 radical (unpaired) electrons. The van der Waals surface area contributed by atoms with Crippen LogP contribution in [0.1, 0.15) is 43.0 Å². The SMILES string of the molecule is CCc1c(C#CCNc2ccc(S(C)(=O)=O)cc2OC)sc2c(NC3CCC(N4CCOCC4)CC3)cccc12. The van der Waals surface area contributed by atoms with Gasteiger partial charge in [0.2, 0.25) is 0 Å². The zero-order valence-electron chi connectivity index (χ0n) is 23.6. The minimum absolute atomic E-state index is 0.230. The molecule has 2 aromatic carbocycles. The largest absolute Gasteiger partial charge is 0.495 e. The number of hydrogen-bond acceptors (Lipinski definition) is 8. The van der Waals surface area contributed by atoms with Crippen molar-refractivity contribution in [3.8, 4) is 17.6 Å². The number of aryl methyl sites for hydroxylation is 1.